The fourth-order valence-electron chi connectivity index (χ4n) is 3.82. The number of hydrogen-bond acceptors (Lipinski definition) is 4. The predicted molar refractivity (Wildman–Crippen MR) is 108 cm³/mol. The molecule has 0 aliphatic carbocycles. The summed E-state index contributed by atoms with van der Waals surface area (Å²) in [5.74, 6) is -0.427. The van der Waals surface area contributed by atoms with E-state index in [1.54, 1.807) is 16.7 Å². The molecule has 0 saturated heterocycles. The number of alkyl halides is 2. The molecule has 1 N–H and O–H groups in total. The Balaban J connectivity index is 2.10. The summed E-state index contributed by atoms with van der Waals surface area (Å²) < 4.78 is 37.8. The van der Waals surface area contributed by atoms with Crippen molar-refractivity contribution in [3.8, 4) is 22.8 Å². The molecular weight excluding hydrogens is 396 g/mol. The van der Waals surface area contributed by atoms with E-state index >= 15 is 0 Å². The van der Waals surface area contributed by atoms with Gasteiger partial charge in [-0.3, -0.25) is 4.79 Å². The Bertz CT molecular complexity index is 986. The van der Waals surface area contributed by atoms with Gasteiger partial charge in [0.15, 0.2) is 16.9 Å². The molecule has 2 heterocycles. The zero-order chi connectivity index (χ0) is 21.8. The molecule has 0 spiro atoms. The highest BCUT2D eigenvalue weighted by Crippen LogP contribution is 2.44. The number of aromatic carboxylic acids is 1. The van der Waals surface area contributed by atoms with Gasteiger partial charge in [-0.1, -0.05) is 19.8 Å². The van der Waals surface area contributed by atoms with Crippen LogP contribution < -0.4 is 14.9 Å². The molecule has 162 valence electrons. The number of fused-ring (bicyclic) bond motifs is 3. The number of halogens is 2. The van der Waals surface area contributed by atoms with Gasteiger partial charge < -0.3 is 19.1 Å². The van der Waals surface area contributed by atoms with Crippen molar-refractivity contribution >= 4 is 5.97 Å². The summed E-state index contributed by atoms with van der Waals surface area (Å²) in [5, 5.41) is 9.31. The van der Waals surface area contributed by atoms with Gasteiger partial charge in [0.05, 0.1) is 19.4 Å². The van der Waals surface area contributed by atoms with Gasteiger partial charge in [-0.05, 0) is 24.1 Å². The van der Waals surface area contributed by atoms with Gasteiger partial charge in [0, 0.05) is 36.7 Å². The van der Waals surface area contributed by atoms with Crippen LogP contribution in [0.3, 0.4) is 0 Å². The quantitative estimate of drug-likeness (QED) is 0.643. The minimum atomic E-state index is -2.45. The van der Waals surface area contributed by atoms with E-state index in [4.69, 9.17) is 9.47 Å². The van der Waals surface area contributed by atoms with Crippen molar-refractivity contribution < 1.29 is 28.2 Å². The highest BCUT2D eigenvalue weighted by atomic mass is 19.3. The summed E-state index contributed by atoms with van der Waals surface area (Å²) in [6.45, 7) is 2.47. The van der Waals surface area contributed by atoms with Gasteiger partial charge in [0.25, 0.3) is 0 Å². The van der Waals surface area contributed by atoms with Gasteiger partial charge >= 0.3 is 5.97 Å². The normalized spacial score (nSPS) is 14.9. The van der Waals surface area contributed by atoms with Crippen molar-refractivity contribution in [3.05, 3.63) is 45.7 Å². The molecule has 0 saturated carbocycles. The molecule has 2 aromatic rings. The number of carboxylic acids is 1. The first-order chi connectivity index (χ1) is 14.3. The number of carbonyl (C=O) groups is 1. The summed E-state index contributed by atoms with van der Waals surface area (Å²) in [4.78, 5) is 23.7. The average molecular weight is 421 g/mol. The van der Waals surface area contributed by atoms with Crippen molar-refractivity contribution in [1.29, 1.82) is 0 Å². The van der Waals surface area contributed by atoms with Crippen molar-refractivity contribution in [2.75, 3.05) is 13.7 Å². The third-order valence-corrected chi connectivity index (χ3v) is 5.33. The number of aromatic nitrogens is 1. The zero-order valence-electron chi connectivity index (χ0n) is 17.0. The van der Waals surface area contributed by atoms with Crippen LogP contribution in [-0.4, -0.2) is 35.8 Å². The van der Waals surface area contributed by atoms with Gasteiger partial charge in [0.1, 0.15) is 5.56 Å². The van der Waals surface area contributed by atoms with Gasteiger partial charge in [0.2, 0.25) is 6.43 Å². The molecule has 0 amide bonds. The average Bonchev–Trinajstić information content (AvgIpc) is 2.71. The number of rotatable bonds is 9. The number of ether oxygens (including phenoxy) is 2. The molecule has 1 aliphatic heterocycles. The van der Waals surface area contributed by atoms with Crippen LogP contribution in [0.4, 0.5) is 8.78 Å². The molecule has 0 bridgehead atoms. The van der Waals surface area contributed by atoms with Crippen molar-refractivity contribution in [3.63, 3.8) is 0 Å². The maximum absolute atomic E-state index is 12.5. The monoisotopic (exact) mass is 421 g/mol. The van der Waals surface area contributed by atoms with E-state index in [2.05, 4.69) is 6.92 Å². The summed E-state index contributed by atoms with van der Waals surface area (Å²) >= 11 is 0. The molecular formula is C22H25F2NO5. The first kappa shape index (κ1) is 21.8. The second kappa shape index (κ2) is 9.28. The second-order valence-electron chi connectivity index (χ2n) is 7.35. The molecule has 1 atom stereocenters. The molecule has 1 aromatic carbocycles. The molecule has 0 fully saturated rings. The third kappa shape index (κ3) is 4.47. The maximum Gasteiger partial charge on any atom is 0.341 e. The van der Waals surface area contributed by atoms with Crippen molar-refractivity contribution in [1.82, 2.24) is 4.57 Å². The summed E-state index contributed by atoms with van der Waals surface area (Å²) in [5.41, 5.74) is 1.47. The number of hydrogen-bond donors (Lipinski definition) is 1. The topological polar surface area (TPSA) is 77.8 Å². The third-order valence-electron chi connectivity index (χ3n) is 5.33. The molecule has 30 heavy (non-hydrogen) atoms. The summed E-state index contributed by atoms with van der Waals surface area (Å²) in [7, 11) is 1.46. The van der Waals surface area contributed by atoms with Crippen molar-refractivity contribution in [2.45, 2.75) is 51.5 Å². The van der Waals surface area contributed by atoms with Gasteiger partial charge in [-0.25, -0.2) is 13.6 Å². The molecule has 1 unspecified atom stereocenters. The lowest BCUT2D eigenvalue weighted by Gasteiger charge is -2.31. The predicted octanol–water partition coefficient (Wildman–Crippen LogP) is 4.54. The molecule has 0 radical (unpaired) electrons. The fourth-order valence-corrected chi connectivity index (χ4v) is 3.82. The van der Waals surface area contributed by atoms with E-state index in [-0.39, 0.29) is 24.5 Å². The number of pyridine rings is 1. The van der Waals surface area contributed by atoms with E-state index in [1.165, 1.54) is 19.4 Å². The highest BCUT2D eigenvalue weighted by molar-refractivity contribution is 5.87. The zero-order valence-corrected chi connectivity index (χ0v) is 17.0. The van der Waals surface area contributed by atoms with Crippen LogP contribution in [0.25, 0.3) is 11.3 Å². The lowest BCUT2D eigenvalue weighted by molar-refractivity contribution is 0.0694. The number of unbranched alkanes of at least 4 members (excludes halogenated alkanes) is 1. The second-order valence-corrected chi connectivity index (χ2v) is 7.35. The van der Waals surface area contributed by atoms with E-state index in [0.29, 0.717) is 23.7 Å². The smallest absolute Gasteiger partial charge is 0.341 e. The highest BCUT2D eigenvalue weighted by Gasteiger charge is 2.28. The van der Waals surface area contributed by atoms with Gasteiger partial charge in [-0.15, -0.1) is 0 Å². The standard InChI is InChI=1S/C22H25F2NO5/c1-3-4-5-13-11-25-12-16(22(27)28)18(26)10-17(25)15-9-19(29-2)20(8-14(13)15)30-7-6-21(23)24/h8-10,12-13,21H,3-7,11H2,1-2H3,(H,27,28). The fraction of sp³-hybridized carbons (Fsp3) is 0.455. The Kier molecular flexibility index (Phi) is 6.74. The van der Waals surface area contributed by atoms with Crippen LogP contribution >= 0.6 is 0 Å². The van der Waals surface area contributed by atoms with E-state index in [9.17, 15) is 23.5 Å². The SMILES string of the molecule is CCCCC1Cn2cc(C(=O)O)c(=O)cc2-c2cc(OC)c(OCCC(F)F)cc21. The first-order valence-electron chi connectivity index (χ1n) is 9.96. The molecule has 6 nitrogen and oxygen atoms in total. The van der Waals surface area contributed by atoms with Crippen LogP contribution in [0.2, 0.25) is 0 Å². The summed E-state index contributed by atoms with van der Waals surface area (Å²) in [6, 6.07) is 4.87. The molecule has 1 aliphatic rings. The Hall–Kier alpha value is -2.90. The Labute approximate surface area is 173 Å². The summed E-state index contributed by atoms with van der Waals surface area (Å²) in [6.07, 6.45) is 1.39. The van der Waals surface area contributed by atoms with Crippen LogP contribution in [0, 0.1) is 0 Å². The largest absolute Gasteiger partial charge is 0.493 e. The maximum atomic E-state index is 12.5. The molecule has 8 heteroatoms. The Morgan fingerprint density at radius 2 is 2.07 bits per heavy atom. The number of benzene rings is 1. The van der Waals surface area contributed by atoms with E-state index < -0.39 is 17.8 Å². The van der Waals surface area contributed by atoms with Crippen LogP contribution in [-0.2, 0) is 6.54 Å². The van der Waals surface area contributed by atoms with Crippen molar-refractivity contribution in [2.24, 2.45) is 0 Å². The lowest BCUT2D eigenvalue weighted by atomic mass is 9.85. The molecule has 1 aromatic heterocycles. The number of carboxylic acid groups (broad SMARTS) is 1. The van der Waals surface area contributed by atoms with E-state index in [1.807, 2.05) is 0 Å². The first-order valence-corrected chi connectivity index (χ1v) is 9.96. The van der Waals surface area contributed by atoms with Crippen LogP contribution in [0.5, 0.6) is 11.5 Å². The Morgan fingerprint density at radius 3 is 2.70 bits per heavy atom. The Morgan fingerprint density at radius 1 is 1.30 bits per heavy atom. The van der Waals surface area contributed by atoms with Crippen LogP contribution in [0.15, 0.2) is 29.2 Å². The lowest BCUT2D eigenvalue weighted by Crippen LogP contribution is -2.24. The van der Waals surface area contributed by atoms with Crippen LogP contribution in [0.1, 0.15) is 54.4 Å². The number of methoxy groups -OCH3 is 1. The number of nitrogens with zero attached hydrogens (tertiary/aromatic N) is 1. The van der Waals surface area contributed by atoms with E-state index in [0.717, 1.165) is 30.4 Å². The van der Waals surface area contributed by atoms with Gasteiger partial charge in [-0.2, -0.15) is 0 Å². The minimum absolute atomic E-state index is 0.0694. The molecule has 3 rings (SSSR count). The minimum Gasteiger partial charge on any atom is -0.493 e.